The lowest BCUT2D eigenvalue weighted by Crippen LogP contribution is -2.43. The maximum Gasteiger partial charge on any atom is 0.419 e. The van der Waals surface area contributed by atoms with Gasteiger partial charge in [0.05, 0.1) is 5.56 Å². The van der Waals surface area contributed by atoms with Crippen molar-refractivity contribution in [2.24, 2.45) is 0 Å². The van der Waals surface area contributed by atoms with Crippen LogP contribution in [0.25, 0.3) is 0 Å². The number of rotatable bonds is 5. The van der Waals surface area contributed by atoms with Gasteiger partial charge in [0.1, 0.15) is 24.2 Å². The van der Waals surface area contributed by atoms with Crippen molar-refractivity contribution in [1.29, 1.82) is 0 Å². The smallest absolute Gasteiger partial charge is 0.419 e. The fraction of sp³-hybridized carbons (Fsp3) is 0.500. The predicted octanol–water partition coefficient (Wildman–Crippen LogP) is 3.13. The molecule has 6 nitrogen and oxygen atoms in total. The maximum atomic E-state index is 13.8. The van der Waals surface area contributed by atoms with Crippen LogP contribution < -0.4 is 10.6 Å². The zero-order valence-electron chi connectivity index (χ0n) is 14.7. The lowest BCUT2D eigenvalue weighted by atomic mass is 10.0. The minimum absolute atomic E-state index is 0.185. The number of carbonyl (C=O) groups excluding carboxylic acids is 2. The summed E-state index contributed by atoms with van der Waals surface area (Å²) in [4.78, 5) is 24.1. The molecule has 2 amide bonds. The van der Waals surface area contributed by atoms with E-state index in [4.69, 9.17) is 4.74 Å². The molecule has 10 heteroatoms. The monoisotopic (exact) mass is 380 g/mol. The van der Waals surface area contributed by atoms with Gasteiger partial charge in [-0.05, 0) is 38.5 Å². The minimum Gasteiger partial charge on any atom is -0.444 e. The van der Waals surface area contributed by atoms with Crippen LogP contribution in [0.1, 0.15) is 37.9 Å². The van der Waals surface area contributed by atoms with E-state index in [1.54, 1.807) is 20.8 Å². The van der Waals surface area contributed by atoms with Crippen LogP contribution in [0, 0.1) is 5.82 Å². The molecule has 26 heavy (non-hydrogen) atoms. The molecule has 0 aliphatic rings. The first kappa shape index (κ1) is 21.7. The van der Waals surface area contributed by atoms with Crippen LogP contribution in [-0.4, -0.2) is 31.4 Å². The number of hydrogen-bond acceptors (Lipinski definition) is 4. The summed E-state index contributed by atoms with van der Waals surface area (Å²) in [7, 11) is 1.30. The summed E-state index contributed by atoms with van der Waals surface area (Å²) < 4.78 is 61.5. The summed E-state index contributed by atoms with van der Waals surface area (Å²) in [6.07, 6.45) is -5.87. The zero-order valence-corrected chi connectivity index (χ0v) is 14.7. The Morgan fingerprint density at radius 2 is 1.81 bits per heavy atom. The molecule has 1 aromatic rings. The lowest BCUT2D eigenvalue weighted by Gasteiger charge is -2.23. The quantitative estimate of drug-likeness (QED) is 0.608. The molecule has 0 bridgehead atoms. The second-order valence-electron chi connectivity index (χ2n) is 6.29. The summed E-state index contributed by atoms with van der Waals surface area (Å²) in [6, 6.07) is 0.465. The molecule has 2 N–H and O–H groups in total. The number of alkyl halides is 3. The van der Waals surface area contributed by atoms with Crippen molar-refractivity contribution >= 4 is 12.0 Å². The highest BCUT2D eigenvalue weighted by molar-refractivity contribution is 5.86. The van der Waals surface area contributed by atoms with Crippen molar-refractivity contribution in [2.75, 3.05) is 13.8 Å². The molecule has 0 spiro atoms. The maximum absolute atomic E-state index is 13.8. The van der Waals surface area contributed by atoms with Gasteiger partial charge >= 0.3 is 12.3 Å². The van der Waals surface area contributed by atoms with Crippen molar-refractivity contribution < 1.29 is 36.6 Å². The van der Waals surface area contributed by atoms with E-state index in [9.17, 15) is 27.2 Å². The molecule has 0 saturated carbocycles. The van der Waals surface area contributed by atoms with Crippen molar-refractivity contribution in [3.63, 3.8) is 0 Å². The van der Waals surface area contributed by atoms with Gasteiger partial charge in [0.25, 0.3) is 0 Å². The predicted molar refractivity (Wildman–Crippen MR) is 83.5 cm³/mol. The number of carbonyl (C=O) groups is 2. The first-order chi connectivity index (χ1) is 11.8. The SMILES string of the molecule is COCNC(=O)C(NC(=O)OC(C)(C)C)c1ccc(C(F)(F)F)c(F)c1. The Bertz CT molecular complexity index is 657. The summed E-state index contributed by atoms with van der Waals surface area (Å²) >= 11 is 0. The molecule has 1 atom stereocenters. The van der Waals surface area contributed by atoms with Crippen molar-refractivity contribution in [3.05, 3.63) is 35.1 Å². The number of ether oxygens (including phenoxy) is 2. The molecule has 0 saturated heterocycles. The Labute approximate surface area is 147 Å². The van der Waals surface area contributed by atoms with Crippen molar-refractivity contribution in [1.82, 2.24) is 10.6 Å². The summed E-state index contributed by atoms with van der Waals surface area (Å²) in [5.41, 5.74) is -2.53. The zero-order chi connectivity index (χ0) is 20.1. The molecule has 146 valence electrons. The van der Waals surface area contributed by atoms with Crippen LogP contribution in [0.5, 0.6) is 0 Å². The van der Waals surface area contributed by atoms with Crippen LogP contribution in [-0.2, 0) is 20.4 Å². The first-order valence-corrected chi connectivity index (χ1v) is 7.48. The highest BCUT2D eigenvalue weighted by atomic mass is 19.4. The minimum atomic E-state index is -4.88. The fourth-order valence-electron chi connectivity index (χ4n) is 1.91. The third-order valence-electron chi connectivity index (χ3n) is 2.95. The van der Waals surface area contributed by atoms with Crippen LogP contribution in [0.15, 0.2) is 18.2 Å². The summed E-state index contributed by atoms with van der Waals surface area (Å²) in [5.74, 6) is -2.37. The molecule has 0 aromatic heterocycles. The summed E-state index contributed by atoms with van der Waals surface area (Å²) in [5, 5.41) is 4.49. The van der Waals surface area contributed by atoms with E-state index in [-0.39, 0.29) is 12.3 Å². The van der Waals surface area contributed by atoms with Crippen LogP contribution in [0.4, 0.5) is 22.4 Å². The Hall–Kier alpha value is -2.36. The van der Waals surface area contributed by atoms with E-state index in [0.29, 0.717) is 12.1 Å². The van der Waals surface area contributed by atoms with Crippen LogP contribution in [0.3, 0.4) is 0 Å². The number of amides is 2. The standard InChI is InChI=1S/C16H20F4N2O4/c1-15(2,3)26-14(24)22-12(13(23)21-8-25-4)9-5-6-10(11(17)7-9)16(18,19)20/h5-7,12H,8H2,1-4H3,(H,21,23)(H,22,24). The van der Waals surface area contributed by atoms with Gasteiger partial charge in [-0.3, -0.25) is 4.79 Å². The second-order valence-corrected chi connectivity index (χ2v) is 6.29. The van der Waals surface area contributed by atoms with Gasteiger partial charge in [-0.1, -0.05) is 6.07 Å². The normalized spacial score (nSPS) is 13.1. The van der Waals surface area contributed by atoms with Gasteiger partial charge in [-0.15, -0.1) is 0 Å². The van der Waals surface area contributed by atoms with Crippen molar-refractivity contribution in [2.45, 2.75) is 38.6 Å². The third-order valence-corrected chi connectivity index (χ3v) is 2.95. The van der Waals surface area contributed by atoms with Gasteiger partial charge in [-0.25, -0.2) is 9.18 Å². The third kappa shape index (κ3) is 6.51. The number of nitrogens with one attached hydrogen (secondary N) is 2. The highest BCUT2D eigenvalue weighted by Gasteiger charge is 2.35. The Morgan fingerprint density at radius 3 is 2.27 bits per heavy atom. The lowest BCUT2D eigenvalue weighted by molar-refractivity contribution is -0.140. The van der Waals surface area contributed by atoms with Crippen LogP contribution >= 0.6 is 0 Å². The second kappa shape index (κ2) is 8.35. The van der Waals surface area contributed by atoms with E-state index < -0.39 is 41.2 Å². The molecule has 1 rings (SSSR count). The molecule has 1 unspecified atom stereocenters. The van der Waals surface area contributed by atoms with E-state index >= 15 is 0 Å². The van der Waals surface area contributed by atoms with Gasteiger partial charge in [0, 0.05) is 7.11 Å². The van der Waals surface area contributed by atoms with Crippen molar-refractivity contribution in [3.8, 4) is 0 Å². The number of benzene rings is 1. The fourth-order valence-corrected chi connectivity index (χ4v) is 1.91. The average molecular weight is 380 g/mol. The molecule has 0 aliphatic heterocycles. The molecular weight excluding hydrogens is 360 g/mol. The number of methoxy groups -OCH3 is 1. The van der Waals surface area contributed by atoms with Gasteiger partial charge < -0.3 is 20.1 Å². The first-order valence-electron chi connectivity index (χ1n) is 7.48. The summed E-state index contributed by atoms with van der Waals surface area (Å²) in [6.45, 7) is 4.55. The molecule has 1 aromatic carbocycles. The Balaban J connectivity index is 3.14. The van der Waals surface area contributed by atoms with Gasteiger partial charge in [-0.2, -0.15) is 13.2 Å². The molecule has 0 fully saturated rings. The topological polar surface area (TPSA) is 76.7 Å². The van der Waals surface area contributed by atoms with Crippen LogP contribution in [0.2, 0.25) is 0 Å². The molecule has 0 radical (unpaired) electrons. The number of alkyl carbamates (subject to hydrolysis) is 1. The van der Waals surface area contributed by atoms with E-state index in [2.05, 4.69) is 15.4 Å². The Morgan fingerprint density at radius 1 is 1.19 bits per heavy atom. The number of hydrogen-bond donors (Lipinski definition) is 2. The highest BCUT2D eigenvalue weighted by Crippen LogP contribution is 2.32. The van der Waals surface area contributed by atoms with Gasteiger partial charge in [0.15, 0.2) is 0 Å². The Kier molecular flexibility index (Phi) is 6.96. The van der Waals surface area contributed by atoms with E-state index in [1.807, 2.05) is 0 Å². The average Bonchev–Trinajstić information content (AvgIpc) is 2.47. The number of halogens is 4. The molecule has 0 aliphatic carbocycles. The van der Waals surface area contributed by atoms with Gasteiger partial charge in [0.2, 0.25) is 5.91 Å². The van der Waals surface area contributed by atoms with E-state index in [1.165, 1.54) is 7.11 Å². The molecule has 0 heterocycles. The largest absolute Gasteiger partial charge is 0.444 e. The van der Waals surface area contributed by atoms with E-state index in [0.717, 1.165) is 6.07 Å². The molecular formula is C16H20F4N2O4.